The minimum Gasteiger partial charge on any atom is -0.480 e. The standard InChI is InChI=1S/C14H19N3O6/c1-3-5-6-9(13(21)22)15-10(18)8-17-12(20)11(19)16(7-4-2)14(17)23/h4,9H,2-3,5-8H2,1H3,(H,15,18)(H,21,22). The van der Waals surface area contributed by atoms with Gasteiger partial charge in [0.15, 0.2) is 0 Å². The molecule has 23 heavy (non-hydrogen) atoms. The second-order valence-corrected chi connectivity index (χ2v) is 4.98. The molecule has 1 atom stereocenters. The number of amides is 5. The second-order valence-electron chi connectivity index (χ2n) is 4.98. The van der Waals surface area contributed by atoms with Crippen molar-refractivity contribution in [1.29, 1.82) is 0 Å². The molecule has 9 heteroatoms. The van der Waals surface area contributed by atoms with E-state index in [4.69, 9.17) is 5.11 Å². The molecule has 5 amide bonds. The lowest BCUT2D eigenvalue weighted by atomic mass is 10.1. The Morgan fingerprint density at radius 3 is 2.39 bits per heavy atom. The molecular formula is C14H19N3O6. The maximum absolute atomic E-state index is 11.9. The van der Waals surface area contributed by atoms with Crippen LogP contribution in [0, 0.1) is 0 Å². The van der Waals surface area contributed by atoms with E-state index in [0.29, 0.717) is 16.2 Å². The van der Waals surface area contributed by atoms with Gasteiger partial charge in [-0.2, -0.15) is 0 Å². The Bertz CT molecular complexity index is 545. The number of imide groups is 2. The Hall–Kier alpha value is -2.71. The van der Waals surface area contributed by atoms with E-state index >= 15 is 0 Å². The fourth-order valence-electron chi connectivity index (χ4n) is 2.03. The van der Waals surface area contributed by atoms with E-state index in [1.165, 1.54) is 6.08 Å². The molecule has 126 valence electrons. The first-order chi connectivity index (χ1) is 10.8. The second kappa shape index (κ2) is 8.06. The summed E-state index contributed by atoms with van der Waals surface area (Å²) in [6.07, 6.45) is 2.87. The van der Waals surface area contributed by atoms with E-state index in [1.807, 2.05) is 6.92 Å². The summed E-state index contributed by atoms with van der Waals surface area (Å²) in [5, 5.41) is 11.3. The highest BCUT2D eigenvalue weighted by Crippen LogP contribution is 2.11. The molecule has 0 radical (unpaired) electrons. The molecule has 0 spiro atoms. The zero-order valence-corrected chi connectivity index (χ0v) is 12.8. The van der Waals surface area contributed by atoms with Crippen LogP contribution < -0.4 is 5.32 Å². The first-order valence-electron chi connectivity index (χ1n) is 7.13. The summed E-state index contributed by atoms with van der Waals surface area (Å²) in [5.41, 5.74) is 0. The number of unbranched alkanes of at least 4 members (excludes halogenated alkanes) is 1. The molecule has 0 aliphatic carbocycles. The third-order valence-corrected chi connectivity index (χ3v) is 3.23. The summed E-state index contributed by atoms with van der Waals surface area (Å²) in [5.74, 6) is -4.17. The minimum atomic E-state index is -1.20. The third kappa shape index (κ3) is 4.38. The molecule has 0 aromatic heterocycles. The predicted octanol–water partition coefficient (Wildman–Crippen LogP) is -0.277. The number of carbonyl (C=O) groups excluding carboxylic acids is 4. The van der Waals surface area contributed by atoms with Gasteiger partial charge in [-0.1, -0.05) is 25.8 Å². The van der Waals surface area contributed by atoms with Crippen molar-refractivity contribution in [2.75, 3.05) is 13.1 Å². The van der Waals surface area contributed by atoms with Gasteiger partial charge in [0.05, 0.1) is 0 Å². The van der Waals surface area contributed by atoms with E-state index in [1.54, 1.807) is 0 Å². The number of carboxylic acid groups (broad SMARTS) is 1. The lowest BCUT2D eigenvalue weighted by Crippen LogP contribution is -2.47. The fraction of sp³-hybridized carbons (Fsp3) is 0.500. The maximum Gasteiger partial charge on any atom is 0.335 e. The lowest BCUT2D eigenvalue weighted by molar-refractivity contribution is -0.144. The highest BCUT2D eigenvalue weighted by molar-refractivity contribution is 6.45. The normalized spacial score (nSPS) is 15.8. The van der Waals surface area contributed by atoms with Gasteiger partial charge in [-0.15, -0.1) is 6.58 Å². The van der Waals surface area contributed by atoms with Crippen LogP contribution in [-0.2, 0) is 19.2 Å². The zero-order chi connectivity index (χ0) is 17.6. The molecule has 2 N–H and O–H groups in total. The van der Waals surface area contributed by atoms with Crippen molar-refractivity contribution in [1.82, 2.24) is 15.1 Å². The van der Waals surface area contributed by atoms with Gasteiger partial charge in [0, 0.05) is 6.54 Å². The van der Waals surface area contributed by atoms with Crippen LogP contribution in [-0.4, -0.2) is 63.8 Å². The first kappa shape index (κ1) is 18.3. The molecular weight excluding hydrogens is 306 g/mol. The topological polar surface area (TPSA) is 124 Å². The van der Waals surface area contributed by atoms with Gasteiger partial charge < -0.3 is 10.4 Å². The number of rotatable bonds is 9. The maximum atomic E-state index is 11.9. The van der Waals surface area contributed by atoms with Crippen LogP contribution in [0.15, 0.2) is 12.7 Å². The Labute approximate surface area is 132 Å². The van der Waals surface area contributed by atoms with Crippen LogP contribution in [0.1, 0.15) is 26.2 Å². The number of aliphatic carboxylic acids is 1. The average molecular weight is 325 g/mol. The Balaban J connectivity index is 2.71. The summed E-state index contributed by atoms with van der Waals surface area (Å²) < 4.78 is 0. The Morgan fingerprint density at radius 2 is 1.87 bits per heavy atom. The zero-order valence-electron chi connectivity index (χ0n) is 12.8. The highest BCUT2D eigenvalue weighted by atomic mass is 16.4. The van der Waals surface area contributed by atoms with Crippen molar-refractivity contribution in [3.05, 3.63) is 12.7 Å². The number of carboxylic acids is 1. The number of hydrogen-bond acceptors (Lipinski definition) is 5. The first-order valence-corrected chi connectivity index (χ1v) is 7.13. The summed E-state index contributed by atoms with van der Waals surface area (Å²) in [6.45, 7) is 4.40. The molecule has 1 aliphatic rings. The molecule has 1 heterocycles. The fourth-order valence-corrected chi connectivity index (χ4v) is 2.03. The van der Waals surface area contributed by atoms with Crippen molar-refractivity contribution >= 4 is 29.7 Å². The van der Waals surface area contributed by atoms with E-state index in [2.05, 4.69) is 11.9 Å². The van der Waals surface area contributed by atoms with Gasteiger partial charge in [-0.25, -0.2) is 14.5 Å². The van der Waals surface area contributed by atoms with Crippen LogP contribution in [0.3, 0.4) is 0 Å². The Kier molecular flexibility index (Phi) is 6.43. The summed E-state index contributed by atoms with van der Waals surface area (Å²) >= 11 is 0. The summed E-state index contributed by atoms with van der Waals surface area (Å²) in [6, 6.07) is -2.02. The number of carbonyl (C=O) groups is 5. The van der Waals surface area contributed by atoms with Crippen molar-refractivity contribution < 1.29 is 29.1 Å². The minimum absolute atomic E-state index is 0.143. The molecule has 1 fully saturated rings. The van der Waals surface area contributed by atoms with E-state index in [-0.39, 0.29) is 13.0 Å². The van der Waals surface area contributed by atoms with Crippen molar-refractivity contribution in [3.63, 3.8) is 0 Å². The lowest BCUT2D eigenvalue weighted by Gasteiger charge is -2.17. The van der Waals surface area contributed by atoms with Crippen LogP contribution in [0.5, 0.6) is 0 Å². The molecule has 0 aromatic rings. The molecule has 1 saturated heterocycles. The molecule has 1 unspecified atom stereocenters. The van der Waals surface area contributed by atoms with Crippen LogP contribution >= 0.6 is 0 Å². The number of nitrogens with zero attached hydrogens (tertiary/aromatic N) is 2. The molecule has 1 rings (SSSR count). The predicted molar refractivity (Wildman–Crippen MR) is 78.1 cm³/mol. The summed E-state index contributed by atoms with van der Waals surface area (Å²) in [7, 11) is 0. The van der Waals surface area contributed by atoms with Crippen molar-refractivity contribution in [2.45, 2.75) is 32.2 Å². The van der Waals surface area contributed by atoms with E-state index in [9.17, 15) is 24.0 Å². The quantitative estimate of drug-likeness (QED) is 0.341. The van der Waals surface area contributed by atoms with Crippen molar-refractivity contribution in [2.24, 2.45) is 0 Å². The molecule has 0 aromatic carbocycles. The van der Waals surface area contributed by atoms with Gasteiger partial charge in [-0.05, 0) is 6.42 Å². The molecule has 0 bridgehead atoms. The molecule has 0 saturated carbocycles. The van der Waals surface area contributed by atoms with Gasteiger partial charge in [0.25, 0.3) is 0 Å². The Morgan fingerprint density at radius 1 is 1.26 bits per heavy atom. The average Bonchev–Trinajstić information content (AvgIpc) is 2.69. The highest BCUT2D eigenvalue weighted by Gasteiger charge is 2.44. The summed E-state index contributed by atoms with van der Waals surface area (Å²) in [4.78, 5) is 59.3. The van der Waals surface area contributed by atoms with Gasteiger partial charge >= 0.3 is 23.8 Å². The smallest absolute Gasteiger partial charge is 0.335 e. The molecule has 1 aliphatic heterocycles. The third-order valence-electron chi connectivity index (χ3n) is 3.23. The number of hydrogen-bond donors (Lipinski definition) is 2. The number of nitrogens with one attached hydrogen (secondary N) is 1. The van der Waals surface area contributed by atoms with Crippen LogP contribution in [0.25, 0.3) is 0 Å². The van der Waals surface area contributed by atoms with E-state index < -0.39 is 42.3 Å². The van der Waals surface area contributed by atoms with Crippen LogP contribution in [0.4, 0.5) is 4.79 Å². The number of urea groups is 1. The molecule has 9 nitrogen and oxygen atoms in total. The van der Waals surface area contributed by atoms with Gasteiger partial charge in [0.2, 0.25) is 5.91 Å². The SMILES string of the molecule is C=CCN1C(=O)C(=O)N(CC(=O)NC(CCCC)C(=O)O)C1=O. The monoisotopic (exact) mass is 325 g/mol. The van der Waals surface area contributed by atoms with Gasteiger partial charge in [-0.3, -0.25) is 19.3 Å². The largest absolute Gasteiger partial charge is 0.480 e. The van der Waals surface area contributed by atoms with E-state index in [0.717, 1.165) is 6.42 Å². The van der Waals surface area contributed by atoms with Crippen molar-refractivity contribution in [3.8, 4) is 0 Å². The van der Waals surface area contributed by atoms with Crippen LogP contribution in [0.2, 0.25) is 0 Å². The van der Waals surface area contributed by atoms with Gasteiger partial charge in [0.1, 0.15) is 12.6 Å².